The number of nitrogens with zero attached hydrogens (tertiary/aromatic N) is 2. The van der Waals surface area contributed by atoms with Crippen LogP contribution in [-0.2, 0) is 0 Å². The maximum absolute atomic E-state index is 12.3. The molecule has 7 nitrogen and oxygen atoms in total. The molecule has 0 aliphatic heterocycles. The summed E-state index contributed by atoms with van der Waals surface area (Å²) in [7, 11) is 1.62. The first-order valence-corrected chi connectivity index (χ1v) is 9.26. The van der Waals surface area contributed by atoms with Gasteiger partial charge in [-0.25, -0.2) is 9.97 Å². The summed E-state index contributed by atoms with van der Waals surface area (Å²) in [5, 5.41) is 5.92. The van der Waals surface area contributed by atoms with Gasteiger partial charge >= 0.3 is 0 Å². The molecule has 2 aromatic carbocycles. The molecule has 150 valence electrons. The zero-order chi connectivity index (χ0) is 20.6. The lowest BCUT2D eigenvalue weighted by Crippen LogP contribution is -2.15. The molecule has 0 bridgehead atoms. The highest BCUT2D eigenvalue weighted by Crippen LogP contribution is 2.17. The first-order chi connectivity index (χ1) is 14.0. The van der Waals surface area contributed by atoms with Crippen molar-refractivity contribution in [2.75, 3.05) is 30.9 Å². The molecule has 0 fully saturated rings. The molecule has 0 aliphatic rings. The van der Waals surface area contributed by atoms with Crippen molar-refractivity contribution in [2.24, 2.45) is 0 Å². The number of carbonyl (C=O) groups excluding carboxylic acids is 1. The molecule has 1 aromatic heterocycles. The Morgan fingerprint density at radius 1 is 0.966 bits per heavy atom. The molecule has 0 aliphatic carbocycles. The molecule has 7 heteroatoms. The summed E-state index contributed by atoms with van der Waals surface area (Å²) in [5.41, 5.74) is 3.44. The molecule has 0 radical (unpaired) electrons. The number of aryl methyl sites for hydroxylation is 2. The first kappa shape index (κ1) is 20.1. The zero-order valence-electron chi connectivity index (χ0n) is 16.7. The van der Waals surface area contributed by atoms with Crippen LogP contribution in [0.1, 0.15) is 21.5 Å². The maximum atomic E-state index is 12.3. The van der Waals surface area contributed by atoms with Crippen molar-refractivity contribution >= 4 is 17.5 Å². The maximum Gasteiger partial charge on any atom is 0.258 e. The minimum absolute atomic E-state index is 0.248. The Kier molecular flexibility index (Phi) is 6.63. The average Bonchev–Trinajstić information content (AvgIpc) is 2.74. The molecular formula is C22H24N4O3. The number of hydrogen-bond acceptors (Lipinski definition) is 6. The van der Waals surface area contributed by atoms with Crippen molar-refractivity contribution in [2.45, 2.75) is 13.8 Å². The summed E-state index contributed by atoms with van der Waals surface area (Å²) in [5.74, 6) is 1.73. The molecule has 3 rings (SSSR count). The number of hydrogen-bond donors (Lipinski definition) is 2. The summed E-state index contributed by atoms with van der Waals surface area (Å²) in [6, 6.07) is 13.2. The summed E-state index contributed by atoms with van der Waals surface area (Å²) >= 11 is 0. The number of ether oxygens (including phenoxy) is 2. The minimum Gasteiger partial charge on any atom is -0.497 e. The van der Waals surface area contributed by atoms with Crippen molar-refractivity contribution in [1.29, 1.82) is 0 Å². The predicted molar refractivity (Wildman–Crippen MR) is 113 cm³/mol. The Balaban J connectivity index is 1.46. The van der Waals surface area contributed by atoms with Crippen LogP contribution in [0.4, 0.5) is 11.6 Å². The van der Waals surface area contributed by atoms with E-state index >= 15 is 0 Å². The third-order valence-corrected chi connectivity index (χ3v) is 4.39. The fourth-order valence-corrected chi connectivity index (χ4v) is 2.56. The van der Waals surface area contributed by atoms with E-state index in [1.54, 1.807) is 7.11 Å². The lowest BCUT2D eigenvalue weighted by molar-refractivity contribution is 0.102. The van der Waals surface area contributed by atoms with Gasteiger partial charge in [0.25, 0.3) is 5.91 Å². The molecule has 3 aromatic rings. The van der Waals surface area contributed by atoms with Crippen molar-refractivity contribution < 1.29 is 14.3 Å². The Labute approximate surface area is 170 Å². The number of aromatic nitrogens is 2. The van der Waals surface area contributed by atoms with Crippen molar-refractivity contribution in [3.05, 3.63) is 71.5 Å². The standard InChI is InChI=1S/C22H24N4O3/c1-15-4-5-18(12-16(15)2)26-21(27)17-13-24-22(25-14-17)23-10-11-29-20-8-6-19(28-3)7-9-20/h4-9,12-14H,10-11H2,1-3H3,(H,26,27)(H,23,24,25). The lowest BCUT2D eigenvalue weighted by Gasteiger charge is -2.09. The van der Waals surface area contributed by atoms with E-state index in [-0.39, 0.29) is 5.91 Å². The van der Waals surface area contributed by atoms with Gasteiger partial charge in [-0.15, -0.1) is 0 Å². The Morgan fingerprint density at radius 2 is 1.66 bits per heavy atom. The number of carbonyl (C=O) groups is 1. The van der Waals surface area contributed by atoms with E-state index < -0.39 is 0 Å². The molecule has 0 saturated heterocycles. The van der Waals surface area contributed by atoms with Gasteiger partial charge in [0.1, 0.15) is 18.1 Å². The van der Waals surface area contributed by atoms with Crippen LogP contribution >= 0.6 is 0 Å². The van der Waals surface area contributed by atoms with Crippen molar-refractivity contribution in [3.63, 3.8) is 0 Å². The van der Waals surface area contributed by atoms with E-state index in [0.717, 1.165) is 22.7 Å². The van der Waals surface area contributed by atoms with Gasteiger partial charge in [-0.05, 0) is 61.4 Å². The molecule has 0 spiro atoms. The number of benzene rings is 2. The summed E-state index contributed by atoms with van der Waals surface area (Å²) in [6.07, 6.45) is 2.99. The van der Waals surface area contributed by atoms with E-state index in [9.17, 15) is 4.79 Å². The van der Waals surface area contributed by atoms with Gasteiger partial charge in [-0.3, -0.25) is 4.79 Å². The van der Waals surface area contributed by atoms with Crippen LogP contribution in [0, 0.1) is 13.8 Å². The number of amides is 1. The number of nitrogens with one attached hydrogen (secondary N) is 2. The third kappa shape index (κ3) is 5.68. The molecule has 0 atom stereocenters. The topological polar surface area (TPSA) is 85.4 Å². The quantitative estimate of drug-likeness (QED) is 0.567. The highest BCUT2D eigenvalue weighted by atomic mass is 16.5. The summed E-state index contributed by atoms with van der Waals surface area (Å²) < 4.78 is 10.7. The normalized spacial score (nSPS) is 10.3. The molecular weight excluding hydrogens is 368 g/mol. The highest BCUT2D eigenvalue weighted by molar-refractivity contribution is 6.03. The van der Waals surface area contributed by atoms with Gasteiger partial charge in [0.15, 0.2) is 0 Å². The average molecular weight is 392 g/mol. The SMILES string of the molecule is COc1ccc(OCCNc2ncc(C(=O)Nc3ccc(C)c(C)c3)cn2)cc1. The van der Waals surface area contributed by atoms with Crippen molar-refractivity contribution in [3.8, 4) is 11.5 Å². The predicted octanol–water partition coefficient (Wildman–Crippen LogP) is 3.85. The third-order valence-electron chi connectivity index (χ3n) is 4.39. The van der Waals surface area contributed by atoms with Crippen LogP contribution < -0.4 is 20.1 Å². The summed E-state index contributed by atoms with van der Waals surface area (Å²) in [6.45, 7) is 5.01. The van der Waals surface area contributed by atoms with Crippen LogP contribution in [0.15, 0.2) is 54.9 Å². The second-order valence-corrected chi connectivity index (χ2v) is 6.50. The molecule has 1 heterocycles. The van der Waals surface area contributed by atoms with E-state index in [0.29, 0.717) is 24.7 Å². The summed E-state index contributed by atoms with van der Waals surface area (Å²) in [4.78, 5) is 20.7. The fraction of sp³-hybridized carbons (Fsp3) is 0.227. The van der Waals surface area contributed by atoms with Gasteiger partial charge in [-0.1, -0.05) is 6.07 Å². The van der Waals surface area contributed by atoms with Gasteiger partial charge < -0.3 is 20.1 Å². The Morgan fingerprint density at radius 3 is 2.31 bits per heavy atom. The zero-order valence-corrected chi connectivity index (χ0v) is 16.7. The number of methoxy groups -OCH3 is 1. The fourth-order valence-electron chi connectivity index (χ4n) is 2.56. The Bertz CT molecular complexity index is 957. The van der Waals surface area contributed by atoms with E-state index in [2.05, 4.69) is 20.6 Å². The van der Waals surface area contributed by atoms with Crippen LogP contribution in [-0.4, -0.2) is 36.1 Å². The smallest absolute Gasteiger partial charge is 0.258 e. The second-order valence-electron chi connectivity index (χ2n) is 6.50. The largest absolute Gasteiger partial charge is 0.497 e. The Hall–Kier alpha value is -3.61. The minimum atomic E-state index is -0.248. The first-order valence-electron chi connectivity index (χ1n) is 9.26. The van der Waals surface area contributed by atoms with Crippen LogP contribution in [0.5, 0.6) is 11.5 Å². The lowest BCUT2D eigenvalue weighted by atomic mass is 10.1. The van der Waals surface area contributed by atoms with Crippen LogP contribution in [0.3, 0.4) is 0 Å². The van der Waals surface area contributed by atoms with Gasteiger partial charge in [0.2, 0.25) is 5.95 Å². The molecule has 1 amide bonds. The van der Waals surface area contributed by atoms with Gasteiger partial charge in [0.05, 0.1) is 19.2 Å². The number of rotatable bonds is 8. The van der Waals surface area contributed by atoms with Crippen LogP contribution in [0.2, 0.25) is 0 Å². The number of anilines is 2. The van der Waals surface area contributed by atoms with Crippen molar-refractivity contribution in [1.82, 2.24) is 9.97 Å². The highest BCUT2D eigenvalue weighted by Gasteiger charge is 2.08. The molecule has 0 saturated carbocycles. The van der Waals surface area contributed by atoms with E-state index in [1.807, 2.05) is 56.3 Å². The van der Waals surface area contributed by atoms with E-state index in [1.165, 1.54) is 18.0 Å². The monoisotopic (exact) mass is 392 g/mol. The van der Waals surface area contributed by atoms with Gasteiger partial charge in [-0.2, -0.15) is 0 Å². The second kappa shape index (κ2) is 9.54. The van der Waals surface area contributed by atoms with Gasteiger partial charge in [0, 0.05) is 18.1 Å². The van der Waals surface area contributed by atoms with E-state index in [4.69, 9.17) is 9.47 Å². The van der Waals surface area contributed by atoms with Crippen LogP contribution in [0.25, 0.3) is 0 Å². The molecule has 29 heavy (non-hydrogen) atoms. The molecule has 0 unspecified atom stereocenters. The molecule has 2 N–H and O–H groups in total.